The first-order chi connectivity index (χ1) is 9.08. The van der Waals surface area contributed by atoms with Crippen molar-refractivity contribution in [2.75, 3.05) is 18.4 Å². The fraction of sp³-hybridized carbons (Fsp3) is 0.571. The number of hydrogen-bond acceptors (Lipinski definition) is 3. The predicted octanol–water partition coefficient (Wildman–Crippen LogP) is 3.09. The molecule has 1 heterocycles. The van der Waals surface area contributed by atoms with Crippen molar-refractivity contribution in [1.29, 1.82) is 0 Å². The van der Waals surface area contributed by atoms with Crippen LogP contribution in [0.3, 0.4) is 0 Å². The SMILES string of the molecule is CCNc1cc(C(=O)NCC2(CC)CC2)cc(Cl)n1. The Morgan fingerprint density at radius 2 is 2.16 bits per heavy atom. The van der Waals surface area contributed by atoms with Crippen molar-refractivity contribution in [3.8, 4) is 0 Å². The molecule has 4 nitrogen and oxygen atoms in total. The molecule has 0 spiro atoms. The molecule has 19 heavy (non-hydrogen) atoms. The van der Waals surface area contributed by atoms with Gasteiger partial charge in [0, 0.05) is 18.7 Å². The molecule has 1 aromatic heterocycles. The quantitative estimate of drug-likeness (QED) is 0.788. The molecule has 0 bridgehead atoms. The minimum atomic E-state index is -0.0804. The minimum Gasteiger partial charge on any atom is -0.370 e. The van der Waals surface area contributed by atoms with Crippen LogP contribution in [0, 0.1) is 5.41 Å². The fourth-order valence-electron chi connectivity index (χ4n) is 2.10. The average Bonchev–Trinajstić information content (AvgIpc) is 3.16. The summed E-state index contributed by atoms with van der Waals surface area (Å²) in [6.45, 7) is 5.64. The average molecular weight is 282 g/mol. The van der Waals surface area contributed by atoms with Gasteiger partial charge in [0.15, 0.2) is 0 Å². The van der Waals surface area contributed by atoms with Crippen molar-refractivity contribution in [3.05, 3.63) is 22.8 Å². The number of aromatic nitrogens is 1. The molecule has 1 aromatic rings. The molecule has 1 aliphatic rings. The standard InChI is InChI=1S/C14H20ClN3O/c1-3-14(5-6-14)9-17-13(19)10-7-11(15)18-12(8-10)16-4-2/h7-8H,3-6,9H2,1-2H3,(H,16,18)(H,17,19). The van der Waals surface area contributed by atoms with Gasteiger partial charge >= 0.3 is 0 Å². The third-order valence-corrected chi connectivity index (χ3v) is 3.94. The van der Waals surface area contributed by atoms with E-state index in [4.69, 9.17) is 11.6 Å². The molecule has 1 fully saturated rings. The number of pyridine rings is 1. The second-order valence-corrected chi connectivity index (χ2v) is 5.52. The Morgan fingerprint density at radius 3 is 2.74 bits per heavy atom. The van der Waals surface area contributed by atoms with E-state index in [9.17, 15) is 4.79 Å². The Kier molecular flexibility index (Phi) is 4.30. The van der Waals surface area contributed by atoms with Gasteiger partial charge in [0.05, 0.1) is 0 Å². The summed E-state index contributed by atoms with van der Waals surface area (Å²) in [4.78, 5) is 16.2. The third kappa shape index (κ3) is 3.60. The number of carbonyl (C=O) groups excluding carboxylic acids is 1. The highest BCUT2D eigenvalue weighted by Crippen LogP contribution is 2.47. The molecule has 1 amide bonds. The summed E-state index contributed by atoms with van der Waals surface area (Å²) >= 11 is 5.93. The number of nitrogens with one attached hydrogen (secondary N) is 2. The molecule has 0 saturated heterocycles. The summed E-state index contributed by atoms with van der Waals surface area (Å²) in [7, 11) is 0. The van der Waals surface area contributed by atoms with E-state index in [1.165, 1.54) is 12.8 Å². The Balaban J connectivity index is 2.01. The molecule has 0 aliphatic heterocycles. The zero-order valence-electron chi connectivity index (χ0n) is 11.4. The van der Waals surface area contributed by atoms with Gasteiger partial charge in [0.25, 0.3) is 5.91 Å². The van der Waals surface area contributed by atoms with E-state index in [2.05, 4.69) is 22.5 Å². The highest BCUT2D eigenvalue weighted by molar-refractivity contribution is 6.29. The van der Waals surface area contributed by atoms with Crippen LogP contribution in [-0.4, -0.2) is 24.0 Å². The van der Waals surface area contributed by atoms with Crippen molar-refractivity contribution in [1.82, 2.24) is 10.3 Å². The first-order valence-electron chi connectivity index (χ1n) is 6.78. The number of amides is 1. The molecule has 2 rings (SSSR count). The monoisotopic (exact) mass is 281 g/mol. The number of nitrogens with zero attached hydrogens (tertiary/aromatic N) is 1. The first kappa shape index (κ1) is 14.1. The molecule has 2 N–H and O–H groups in total. The molecular weight excluding hydrogens is 262 g/mol. The van der Waals surface area contributed by atoms with Crippen LogP contribution >= 0.6 is 11.6 Å². The van der Waals surface area contributed by atoms with E-state index in [0.717, 1.165) is 19.5 Å². The molecule has 5 heteroatoms. The summed E-state index contributed by atoms with van der Waals surface area (Å²) in [5.41, 5.74) is 0.902. The van der Waals surface area contributed by atoms with Crippen LogP contribution in [0.1, 0.15) is 43.5 Å². The number of rotatable bonds is 6. The van der Waals surface area contributed by atoms with E-state index in [1.54, 1.807) is 12.1 Å². The lowest BCUT2D eigenvalue weighted by Gasteiger charge is -2.14. The molecule has 0 atom stereocenters. The van der Waals surface area contributed by atoms with E-state index < -0.39 is 0 Å². The van der Waals surface area contributed by atoms with E-state index in [0.29, 0.717) is 21.9 Å². The van der Waals surface area contributed by atoms with Gasteiger partial charge in [-0.2, -0.15) is 0 Å². The summed E-state index contributed by atoms with van der Waals surface area (Å²) in [5.74, 6) is 0.556. The molecule has 0 aromatic carbocycles. The fourth-order valence-corrected chi connectivity index (χ4v) is 2.31. The van der Waals surface area contributed by atoms with E-state index in [-0.39, 0.29) is 5.91 Å². The summed E-state index contributed by atoms with van der Waals surface area (Å²) in [5, 5.41) is 6.39. The lowest BCUT2D eigenvalue weighted by Crippen LogP contribution is -2.30. The van der Waals surface area contributed by atoms with Crippen molar-refractivity contribution < 1.29 is 4.79 Å². The Morgan fingerprint density at radius 1 is 1.42 bits per heavy atom. The number of hydrogen-bond donors (Lipinski definition) is 2. The minimum absolute atomic E-state index is 0.0804. The van der Waals surface area contributed by atoms with Crippen LogP contribution < -0.4 is 10.6 Å². The van der Waals surface area contributed by atoms with Crippen molar-refractivity contribution in [2.24, 2.45) is 5.41 Å². The van der Waals surface area contributed by atoms with Gasteiger partial charge in [0.1, 0.15) is 11.0 Å². The third-order valence-electron chi connectivity index (χ3n) is 3.75. The van der Waals surface area contributed by atoms with Gasteiger partial charge in [-0.05, 0) is 43.7 Å². The van der Waals surface area contributed by atoms with Gasteiger partial charge in [-0.3, -0.25) is 4.79 Å². The number of halogens is 1. The van der Waals surface area contributed by atoms with Crippen LogP contribution in [0.5, 0.6) is 0 Å². The number of anilines is 1. The van der Waals surface area contributed by atoms with Gasteiger partial charge in [-0.15, -0.1) is 0 Å². The second-order valence-electron chi connectivity index (χ2n) is 5.13. The lowest BCUT2D eigenvalue weighted by atomic mass is 10.0. The maximum absolute atomic E-state index is 12.1. The second kappa shape index (κ2) is 5.78. The van der Waals surface area contributed by atoms with Crippen molar-refractivity contribution >= 4 is 23.3 Å². The van der Waals surface area contributed by atoms with Crippen LogP contribution in [0.15, 0.2) is 12.1 Å². The van der Waals surface area contributed by atoms with Crippen LogP contribution in [0.4, 0.5) is 5.82 Å². The zero-order chi connectivity index (χ0) is 13.9. The molecule has 104 valence electrons. The zero-order valence-corrected chi connectivity index (χ0v) is 12.2. The lowest BCUT2D eigenvalue weighted by molar-refractivity contribution is 0.0944. The van der Waals surface area contributed by atoms with Crippen LogP contribution in [-0.2, 0) is 0 Å². The number of carbonyl (C=O) groups is 1. The molecule has 1 saturated carbocycles. The van der Waals surface area contributed by atoms with Gasteiger partial charge in [-0.25, -0.2) is 4.98 Å². The Hall–Kier alpha value is -1.29. The topological polar surface area (TPSA) is 54.0 Å². The molecule has 1 aliphatic carbocycles. The first-order valence-corrected chi connectivity index (χ1v) is 7.16. The maximum Gasteiger partial charge on any atom is 0.251 e. The Bertz CT molecular complexity index is 472. The molecular formula is C14H20ClN3O. The molecule has 0 radical (unpaired) electrons. The highest BCUT2D eigenvalue weighted by atomic mass is 35.5. The smallest absolute Gasteiger partial charge is 0.251 e. The van der Waals surface area contributed by atoms with Crippen molar-refractivity contribution in [3.63, 3.8) is 0 Å². The predicted molar refractivity (Wildman–Crippen MR) is 77.7 cm³/mol. The highest BCUT2D eigenvalue weighted by Gasteiger charge is 2.40. The maximum atomic E-state index is 12.1. The van der Waals surface area contributed by atoms with Crippen molar-refractivity contribution in [2.45, 2.75) is 33.1 Å². The van der Waals surface area contributed by atoms with Gasteiger partial charge in [-0.1, -0.05) is 18.5 Å². The van der Waals surface area contributed by atoms with Gasteiger partial charge in [0.2, 0.25) is 0 Å². The summed E-state index contributed by atoms with van der Waals surface area (Å²) < 4.78 is 0. The van der Waals surface area contributed by atoms with Gasteiger partial charge < -0.3 is 10.6 Å². The van der Waals surface area contributed by atoms with E-state index in [1.807, 2.05) is 6.92 Å². The van der Waals surface area contributed by atoms with E-state index >= 15 is 0 Å². The summed E-state index contributed by atoms with van der Waals surface area (Å²) in [6.07, 6.45) is 3.54. The largest absolute Gasteiger partial charge is 0.370 e. The molecule has 0 unspecified atom stereocenters. The normalized spacial score (nSPS) is 15.9. The van der Waals surface area contributed by atoms with Crippen LogP contribution in [0.25, 0.3) is 0 Å². The van der Waals surface area contributed by atoms with Crippen LogP contribution in [0.2, 0.25) is 5.15 Å². The summed E-state index contributed by atoms with van der Waals surface area (Å²) in [6, 6.07) is 3.33. The Labute approximate surface area is 118 Å².